The molecule has 35 aliphatic rings. The standard InChI is InChI=1S/C54H40/c1-5-13-6(1)15-25(13)38-26(15)18-17-16-7-2-8-21-22-11-4-12-24-30-32-31-23-10-3-9-20-14(5)29-34-43(38)36-33-35-42(21,37(7,8)27(16)19(17)28(18)38)44(22)40(11,12)46(24)47(30)48(32)50(31)45(23)39(9,10)41(20,29)51(34,45)54(43,50)53(36,48)49(33,47)52(35,44)46/h5-36H,1-4H2. The number of rotatable bonds is 0. The molecule has 0 heterocycles. The maximum absolute atomic E-state index is 1.85. The molecule has 0 nitrogen and oxygen atoms in total. The van der Waals surface area contributed by atoms with Gasteiger partial charge in [-0.05, 0) is 313 Å². The molecule has 35 saturated carbocycles. The van der Waals surface area contributed by atoms with Crippen LogP contribution in [-0.2, 0) is 0 Å². The molecule has 256 valence electrons. The summed E-state index contributed by atoms with van der Waals surface area (Å²) in [4.78, 5) is 0. The van der Waals surface area contributed by atoms with Crippen LogP contribution >= 0.6 is 0 Å². The highest BCUT2D eigenvalue weighted by molar-refractivity contribution is 6.01. The molecule has 50 atom stereocenters. The van der Waals surface area contributed by atoms with Gasteiger partial charge in [0.1, 0.15) is 0 Å². The topological polar surface area (TPSA) is 0 Å². The molecule has 0 N–H and O–H groups in total. The first-order chi connectivity index (χ1) is 26.9. The van der Waals surface area contributed by atoms with Gasteiger partial charge in [0, 0.05) is 0 Å². The average molecular weight is 689 g/mol. The van der Waals surface area contributed by atoms with Crippen molar-refractivity contribution in [3.05, 3.63) is 0 Å². The van der Waals surface area contributed by atoms with Crippen molar-refractivity contribution in [1.29, 1.82) is 0 Å². The summed E-state index contributed by atoms with van der Waals surface area (Å²) in [6.45, 7) is 0. The van der Waals surface area contributed by atoms with Crippen LogP contribution in [0.2, 0.25) is 0 Å². The summed E-state index contributed by atoms with van der Waals surface area (Å²) >= 11 is 0. The molecule has 54 heavy (non-hydrogen) atoms. The van der Waals surface area contributed by atoms with Crippen LogP contribution in [0.5, 0.6) is 0 Å². The van der Waals surface area contributed by atoms with Gasteiger partial charge in [-0.2, -0.15) is 0 Å². The SMILES string of the molecule is C1C2C3C1C1C4C5CC6C7C8C9C%10C%11C%12CC%13C%14C%15C%16CC%17C%18C%19C%20C%18C%17%16C%15%16C%15C%17C%18C%21(C%22C1C41C56C74C%221C%211C84C94C%105C%116C%13%12C%14%16C%156C%175C%1841)C14C3C2C1C%19C%204. The molecule has 35 fully saturated rings. The minimum absolute atomic E-state index is 1.04. The molecule has 0 aliphatic heterocycles. The fraction of sp³-hybridized carbons (Fsp3) is 1.00. The molecule has 0 aromatic rings. The average Bonchev–Trinajstić information content (AvgIpc) is 3.04. The van der Waals surface area contributed by atoms with Gasteiger partial charge in [-0.15, -0.1) is 0 Å². The third kappa shape index (κ3) is 0.535. The van der Waals surface area contributed by atoms with Crippen LogP contribution in [0.3, 0.4) is 0 Å². The van der Waals surface area contributed by atoms with Crippen molar-refractivity contribution in [1.82, 2.24) is 0 Å². The molecular formula is C54H40. The Labute approximate surface area is 311 Å². The predicted octanol–water partition coefficient (Wildman–Crippen LogP) is 5.50. The zero-order valence-electron chi connectivity index (χ0n) is 30.3. The van der Waals surface area contributed by atoms with Crippen molar-refractivity contribution in [3.63, 3.8) is 0 Å². The maximum Gasteiger partial charge on any atom is -0.00163 e. The van der Waals surface area contributed by atoms with E-state index in [0.29, 0.717) is 0 Å². The van der Waals surface area contributed by atoms with Crippen LogP contribution < -0.4 is 0 Å². The lowest BCUT2D eigenvalue weighted by Crippen LogP contribution is -3.54. The van der Waals surface area contributed by atoms with E-state index in [1.165, 1.54) is 189 Å². The molecule has 0 bridgehead atoms. The van der Waals surface area contributed by atoms with Gasteiger partial charge in [-0.3, -0.25) is 0 Å². The van der Waals surface area contributed by atoms with Crippen molar-refractivity contribution in [2.45, 2.75) is 25.7 Å². The van der Waals surface area contributed by atoms with Crippen LogP contribution in [0.4, 0.5) is 0 Å². The van der Waals surface area contributed by atoms with Crippen molar-refractivity contribution in [2.75, 3.05) is 0 Å². The third-order valence-corrected chi connectivity index (χ3v) is 43.5. The lowest BCUT2D eigenvalue weighted by Gasteiger charge is -3.55. The Bertz CT molecular complexity index is 3160. The largest absolute Gasteiger partial charge is 0.0464 e. The Balaban J connectivity index is 0.816. The summed E-state index contributed by atoms with van der Waals surface area (Å²) in [5.41, 5.74) is 19.7. The number of fused-ring (bicyclic) bond motifs is 18. The molecular weight excluding hydrogens is 649 g/mol. The highest BCUT2D eigenvalue weighted by Gasteiger charge is 3.57. The Kier molecular flexibility index (Phi) is 1.20. The van der Waals surface area contributed by atoms with E-state index < -0.39 is 0 Å². The fourth-order valence-electron chi connectivity index (χ4n) is 52.7. The van der Waals surface area contributed by atoms with E-state index >= 15 is 0 Å². The van der Waals surface area contributed by atoms with Gasteiger partial charge in [-0.25, -0.2) is 0 Å². The Morgan fingerprint density at radius 2 is 0.870 bits per heavy atom. The Morgan fingerprint density at radius 1 is 0.241 bits per heavy atom. The smallest absolute Gasteiger partial charge is 0.00163 e. The van der Waals surface area contributed by atoms with E-state index in [9.17, 15) is 0 Å². The monoisotopic (exact) mass is 688 g/mol. The second-order valence-electron chi connectivity index (χ2n) is 33.8. The lowest BCUT2D eigenvalue weighted by atomic mass is 8.47. The predicted molar refractivity (Wildman–Crippen MR) is 174 cm³/mol. The highest BCUT2D eigenvalue weighted by atomic mass is 15.6. The maximum atomic E-state index is 1.85. The molecule has 0 aromatic carbocycles. The van der Waals surface area contributed by atoms with Crippen molar-refractivity contribution in [3.8, 4) is 0 Å². The highest BCUT2D eigenvalue weighted by Crippen LogP contribution is 3.58. The zero-order valence-corrected chi connectivity index (χ0v) is 30.3. The molecule has 50 unspecified atom stereocenters. The van der Waals surface area contributed by atoms with E-state index in [0.717, 1.165) is 97.5 Å². The first kappa shape index (κ1) is 19.6. The van der Waals surface area contributed by atoms with Gasteiger partial charge in [0.25, 0.3) is 0 Å². The van der Waals surface area contributed by atoms with Crippen LogP contribution in [-0.4, -0.2) is 0 Å². The summed E-state index contributed by atoms with van der Waals surface area (Å²) in [6, 6.07) is 0. The molecule has 0 saturated heterocycles. The van der Waals surface area contributed by atoms with E-state index in [1.807, 2.05) is 25.7 Å². The van der Waals surface area contributed by atoms with Crippen molar-refractivity contribution >= 4 is 0 Å². The molecule has 35 rings (SSSR count). The summed E-state index contributed by atoms with van der Waals surface area (Å²) in [7, 11) is 0. The molecule has 0 amide bonds. The fourth-order valence-corrected chi connectivity index (χ4v) is 52.7. The van der Waals surface area contributed by atoms with Crippen molar-refractivity contribution in [2.24, 2.45) is 287 Å². The van der Waals surface area contributed by atoms with Gasteiger partial charge < -0.3 is 0 Å². The zero-order chi connectivity index (χ0) is 30.3. The second-order valence-corrected chi connectivity index (χ2v) is 33.8. The van der Waals surface area contributed by atoms with Crippen LogP contribution in [0, 0.1) is 287 Å². The second kappa shape index (κ2) is 3.31. The lowest BCUT2D eigenvalue weighted by molar-refractivity contribution is -1.11. The van der Waals surface area contributed by atoms with Crippen molar-refractivity contribution < 1.29 is 0 Å². The van der Waals surface area contributed by atoms with Gasteiger partial charge >= 0.3 is 0 Å². The van der Waals surface area contributed by atoms with Crippen LogP contribution in [0.1, 0.15) is 25.7 Å². The minimum atomic E-state index is 1.04. The quantitative estimate of drug-likeness (QED) is 0.316. The number of hydrogen-bond acceptors (Lipinski definition) is 0. The van der Waals surface area contributed by atoms with Gasteiger partial charge in [0.05, 0.1) is 0 Å². The van der Waals surface area contributed by atoms with E-state index in [2.05, 4.69) is 0 Å². The van der Waals surface area contributed by atoms with Gasteiger partial charge in [0.15, 0.2) is 0 Å². The van der Waals surface area contributed by atoms with Crippen LogP contribution in [0.15, 0.2) is 0 Å². The molecule has 35 aliphatic carbocycles. The summed E-state index contributed by atoms with van der Waals surface area (Å²) in [6.07, 6.45) is 7.37. The summed E-state index contributed by atoms with van der Waals surface area (Å²) in [5, 5.41) is 0. The van der Waals surface area contributed by atoms with E-state index in [1.54, 1.807) is 0 Å². The molecule has 18 spiro atoms. The Morgan fingerprint density at radius 3 is 1.78 bits per heavy atom. The third-order valence-electron chi connectivity index (χ3n) is 43.5. The van der Waals surface area contributed by atoms with E-state index in [4.69, 9.17) is 0 Å². The first-order valence-corrected chi connectivity index (χ1v) is 26.9. The minimum Gasteiger partial charge on any atom is -0.0464 e. The van der Waals surface area contributed by atoms with Gasteiger partial charge in [0.2, 0.25) is 0 Å². The first-order valence-electron chi connectivity index (χ1n) is 26.9. The normalized spacial score (nSPS) is 130. The van der Waals surface area contributed by atoms with Gasteiger partial charge in [-0.1, -0.05) is 0 Å². The summed E-state index contributed by atoms with van der Waals surface area (Å²) < 4.78 is 0. The van der Waals surface area contributed by atoms with Crippen LogP contribution in [0.25, 0.3) is 0 Å². The number of hydrogen-bond donors (Lipinski definition) is 0. The molecule has 0 aromatic heterocycles. The molecule has 0 heteroatoms. The molecule has 0 radical (unpaired) electrons. The summed E-state index contributed by atoms with van der Waals surface area (Å²) in [5.74, 6) is 44.1. The van der Waals surface area contributed by atoms with E-state index in [-0.39, 0.29) is 0 Å². The Hall–Kier alpha value is 0.